The minimum Gasteiger partial charge on any atom is -0.497 e. The van der Waals surface area contributed by atoms with E-state index in [0.29, 0.717) is 0 Å². The van der Waals surface area contributed by atoms with Gasteiger partial charge in [-0.25, -0.2) is 4.52 Å². The van der Waals surface area contributed by atoms with Gasteiger partial charge >= 0.3 is 0 Å². The standard InChI is InChI=1S/C22H24N4O/c1-24(2)14-19-21(17-8-6-5-7-9-17)23-26-15-20(25(3)22(19)26)16-10-12-18(27-4)13-11-16/h5-13,15H,14H2,1-4H3. The zero-order valence-electron chi connectivity index (χ0n) is 16.2. The number of rotatable bonds is 5. The van der Waals surface area contributed by atoms with Crippen molar-refractivity contribution < 1.29 is 4.74 Å². The summed E-state index contributed by atoms with van der Waals surface area (Å²) in [6.45, 7) is 0.827. The minimum atomic E-state index is 0.827. The third kappa shape index (κ3) is 3.11. The summed E-state index contributed by atoms with van der Waals surface area (Å²) in [4.78, 5) is 2.18. The Bertz CT molecular complexity index is 1060. The molecule has 0 spiro atoms. The molecule has 0 unspecified atom stereocenters. The molecule has 2 aromatic carbocycles. The van der Waals surface area contributed by atoms with Crippen molar-refractivity contribution in [3.63, 3.8) is 0 Å². The van der Waals surface area contributed by atoms with Crippen LogP contribution in [-0.2, 0) is 13.6 Å². The van der Waals surface area contributed by atoms with Gasteiger partial charge in [0.05, 0.1) is 24.7 Å². The number of aryl methyl sites for hydroxylation is 1. The highest BCUT2D eigenvalue weighted by Gasteiger charge is 2.20. The molecule has 0 radical (unpaired) electrons. The lowest BCUT2D eigenvalue weighted by Gasteiger charge is -2.12. The van der Waals surface area contributed by atoms with Crippen LogP contribution in [0.3, 0.4) is 0 Å². The lowest BCUT2D eigenvalue weighted by Crippen LogP contribution is -2.12. The Labute approximate surface area is 159 Å². The van der Waals surface area contributed by atoms with Crippen LogP contribution in [0, 0.1) is 0 Å². The number of methoxy groups -OCH3 is 1. The predicted molar refractivity (Wildman–Crippen MR) is 109 cm³/mol. The van der Waals surface area contributed by atoms with Crippen molar-refractivity contribution in [1.82, 2.24) is 19.1 Å². The fourth-order valence-electron chi connectivity index (χ4n) is 3.54. The maximum absolute atomic E-state index is 5.28. The van der Waals surface area contributed by atoms with Crippen LogP contribution in [0.15, 0.2) is 60.8 Å². The van der Waals surface area contributed by atoms with Crippen LogP contribution >= 0.6 is 0 Å². The van der Waals surface area contributed by atoms with Crippen LogP contribution in [0.5, 0.6) is 5.75 Å². The highest BCUT2D eigenvalue weighted by Crippen LogP contribution is 2.31. The molecule has 5 nitrogen and oxygen atoms in total. The molecule has 27 heavy (non-hydrogen) atoms. The summed E-state index contributed by atoms with van der Waals surface area (Å²) < 4.78 is 9.50. The molecule has 0 aliphatic carbocycles. The van der Waals surface area contributed by atoms with E-state index in [0.717, 1.165) is 40.5 Å². The summed E-state index contributed by atoms with van der Waals surface area (Å²) in [6, 6.07) is 18.5. The first-order valence-corrected chi connectivity index (χ1v) is 9.00. The number of nitrogens with zero attached hydrogens (tertiary/aromatic N) is 4. The van der Waals surface area contributed by atoms with Crippen molar-refractivity contribution in [1.29, 1.82) is 0 Å². The second-order valence-electron chi connectivity index (χ2n) is 7.00. The van der Waals surface area contributed by atoms with Gasteiger partial charge in [-0.05, 0) is 38.4 Å². The smallest absolute Gasteiger partial charge is 0.141 e. The van der Waals surface area contributed by atoms with Gasteiger partial charge in [0.25, 0.3) is 0 Å². The second-order valence-corrected chi connectivity index (χ2v) is 7.00. The van der Waals surface area contributed by atoms with Gasteiger partial charge in [-0.1, -0.05) is 30.3 Å². The van der Waals surface area contributed by atoms with Crippen molar-refractivity contribution in [2.24, 2.45) is 7.05 Å². The van der Waals surface area contributed by atoms with E-state index < -0.39 is 0 Å². The first kappa shape index (κ1) is 17.4. The molecule has 0 aliphatic heterocycles. The molecule has 4 aromatic rings. The molecule has 0 saturated heterocycles. The molecule has 0 amide bonds. The van der Waals surface area contributed by atoms with Crippen LogP contribution in [-0.4, -0.2) is 40.3 Å². The summed E-state index contributed by atoms with van der Waals surface area (Å²) >= 11 is 0. The lowest BCUT2D eigenvalue weighted by atomic mass is 10.1. The molecule has 0 bridgehead atoms. The first-order chi connectivity index (χ1) is 13.1. The topological polar surface area (TPSA) is 34.7 Å². The van der Waals surface area contributed by atoms with Crippen molar-refractivity contribution >= 4 is 5.65 Å². The molecule has 5 heteroatoms. The van der Waals surface area contributed by atoms with E-state index in [1.54, 1.807) is 7.11 Å². The van der Waals surface area contributed by atoms with Crippen molar-refractivity contribution in [3.8, 4) is 28.3 Å². The van der Waals surface area contributed by atoms with Crippen LogP contribution in [0.1, 0.15) is 5.56 Å². The summed E-state index contributed by atoms with van der Waals surface area (Å²) in [6.07, 6.45) is 2.10. The predicted octanol–water partition coefficient (Wildman–Crippen LogP) is 4.08. The van der Waals surface area contributed by atoms with Crippen LogP contribution in [0.25, 0.3) is 28.2 Å². The summed E-state index contributed by atoms with van der Waals surface area (Å²) in [5.74, 6) is 0.859. The number of imidazole rings is 1. The summed E-state index contributed by atoms with van der Waals surface area (Å²) in [5.41, 5.74) is 6.79. The Morgan fingerprint density at radius 2 is 1.67 bits per heavy atom. The van der Waals surface area contributed by atoms with Gasteiger partial charge in [0.2, 0.25) is 0 Å². The SMILES string of the molecule is COc1ccc(-c2cn3nc(-c4ccccc4)c(CN(C)C)c3n2C)cc1. The van der Waals surface area contributed by atoms with Crippen LogP contribution in [0.4, 0.5) is 0 Å². The van der Waals surface area contributed by atoms with Gasteiger partial charge in [0.15, 0.2) is 0 Å². The average molecular weight is 360 g/mol. The second kappa shape index (κ2) is 6.93. The van der Waals surface area contributed by atoms with Gasteiger partial charge in [-0.15, -0.1) is 0 Å². The number of hydrogen-bond donors (Lipinski definition) is 0. The van der Waals surface area contributed by atoms with E-state index >= 15 is 0 Å². The van der Waals surface area contributed by atoms with E-state index in [2.05, 4.69) is 73.2 Å². The third-order valence-electron chi connectivity index (χ3n) is 4.81. The molecule has 0 atom stereocenters. The zero-order chi connectivity index (χ0) is 19.0. The van der Waals surface area contributed by atoms with Gasteiger partial charge < -0.3 is 14.2 Å². The van der Waals surface area contributed by atoms with E-state index in [1.165, 1.54) is 5.56 Å². The quantitative estimate of drug-likeness (QED) is 0.538. The van der Waals surface area contributed by atoms with E-state index in [-0.39, 0.29) is 0 Å². The molecule has 4 rings (SSSR count). The van der Waals surface area contributed by atoms with Gasteiger partial charge in [0, 0.05) is 30.3 Å². The highest BCUT2D eigenvalue weighted by atomic mass is 16.5. The van der Waals surface area contributed by atoms with Crippen LogP contribution < -0.4 is 4.74 Å². The normalized spacial score (nSPS) is 11.4. The molecule has 0 N–H and O–H groups in total. The maximum Gasteiger partial charge on any atom is 0.141 e. The molecular formula is C22H24N4O. The van der Waals surface area contributed by atoms with Crippen molar-refractivity contribution in [2.75, 3.05) is 21.2 Å². The molecular weight excluding hydrogens is 336 g/mol. The van der Waals surface area contributed by atoms with Gasteiger partial charge in [-0.3, -0.25) is 0 Å². The fourth-order valence-corrected chi connectivity index (χ4v) is 3.54. The minimum absolute atomic E-state index is 0.827. The monoisotopic (exact) mass is 360 g/mol. The number of aromatic nitrogens is 3. The Balaban J connectivity index is 1.88. The van der Waals surface area contributed by atoms with Crippen LogP contribution in [0.2, 0.25) is 0 Å². The van der Waals surface area contributed by atoms with Crippen molar-refractivity contribution in [3.05, 3.63) is 66.4 Å². The number of hydrogen-bond acceptors (Lipinski definition) is 3. The van der Waals surface area contributed by atoms with E-state index in [4.69, 9.17) is 9.84 Å². The maximum atomic E-state index is 5.28. The Morgan fingerprint density at radius 3 is 2.30 bits per heavy atom. The number of fused-ring (bicyclic) bond motifs is 1. The first-order valence-electron chi connectivity index (χ1n) is 9.00. The molecule has 2 aromatic heterocycles. The lowest BCUT2D eigenvalue weighted by molar-refractivity contribution is 0.404. The third-order valence-corrected chi connectivity index (χ3v) is 4.81. The van der Waals surface area contributed by atoms with E-state index in [1.807, 2.05) is 22.7 Å². The highest BCUT2D eigenvalue weighted by molar-refractivity contribution is 5.74. The average Bonchev–Trinajstić information content (AvgIpc) is 3.19. The number of benzene rings is 2. The molecule has 2 heterocycles. The molecule has 0 fully saturated rings. The fraction of sp³-hybridized carbons (Fsp3) is 0.227. The molecule has 138 valence electrons. The largest absolute Gasteiger partial charge is 0.497 e. The Kier molecular flexibility index (Phi) is 4.46. The summed E-state index contributed by atoms with van der Waals surface area (Å²) in [5, 5.41) is 4.92. The zero-order valence-corrected chi connectivity index (χ0v) is 16.2. The van der Waals surface area contributed by atoms with Gasteiger partial charge in [0.1, 0.15) is 11.4 Å². The Hall–Kier alpha value is -3.05. The molecule has 0 saturated carbocycles. The van der Waals surface area contributed by atoms with Crippen molar-refractivity contribution in [2.45, 2.75) is 6.54 Å². The number of ether oxygens (including phenoxy) is 1. The van der Waals surface area contributed by atoms with E-state index in [9.17, 15) is 0 Å². The Morgan fingerprint density at radius 1 is 0.963 bits per heavy atom. The molecule has 0 aliphatic rings. The summed E-state index contributed by atoms with van der Waals surface area (Å²) in [7, 11) is 7.96. The van der Waals surface area contributed by atoms with Gasteiger partial charge in [-0.2, -0.15) is 5.10 Å².